The van der Waals surface area contributed by atoms with Gasteiger partial charge in [-0.25, -0.2) is 0 Å². The van der Waals surface area contributed by atoms with Crippen molar-refractivity contribution in [1.29, 1.82) is 0 Å². The van der Waals surface area contributed by atoms with Crippen molar-refractivity contribution in [2.24, 2.45) is 11.5 Å². The van der Waals surface area contributed by atoms with E-state index in [0.29, 0.717) is 9.94 Å². The maximum atomic E-state index is 11.0. The topological polar surface area (TPSA) is 78.3 Å². The van der Waals surface area contributed by atoms with Crippen LogP contribution in [-0.4, -0.2) is 11.4 Å². The van der Waals surface area contributed by atoms with Gasteiger partial charge in [0.2, 0.25) is 0 Å². The molecular formula is C15H18N2O2S. The lowest BCUT2D eigenvalue weighted by atomic mass is 9.96. The Hall–Kier alpha value is -1.85. The molecule has 0 bridgehead atoms. The van der Waals surface area contributed by atoms with E-state index in [0.717, 1.165) is 17.7 Å². The van der Waals surface area contributed by atoms with Gasteiger partial charge >= 0.3 is 0 Å². The molecule has 1 aromatic heterocycles. The highest BCUT2D eigenvalue weighted by Gasteiger charge is 2.12. The fraction of sp³-hybridized carbons (Fsp3) is 0.267. The van der Waals surface area contributed by atoms with Crippen molar-refractivity contribution in [3.63, 3.8) is 0 Å². The predicted octanol–water partition coefficient (Wildman–Crippen LogP) is 2.92. The second-order valence-electron chi connectivity index (χ2n) is 5.39. The highest BCUT2D eigenvalue weighted by Crippen LogP contribution is 2.29. The van der Waals surface area contributed by atoms with E-state index in [1.165, 1.54) is 11.3 Å². The molecule has 0 saturated carbocycles. The van der Waals surface area contributed by atoms with E-state index in [9.17, 15) is 4.79 Å². The molecule has 0 radical (unpaired) electrons. The fourth-order valence-corrected chi connectivity index (χ4v) is 2.55. The van der Waals surface area contributed by atoms with Gasteiger partial charge in [-0.3, -0.25) is 4.79 Å². The Morgan fingerprint density at radius 1 is 1.20 bits per heavy atom. The molecule has 2 aromatic rings. The number of carbonyl (C=O) groups excluding carboxylic acids is 1. The number of benzene rings is 1. The van der Waals surface area contributed by atoms with E-state index in [2.05, 4.69) is 0 Å². The number of nitrogens with two attached hydrogens (primary N) is 2. The van der Waals surface area contributed by atoms with Crippen LogP contribution in [0.25, 0.3) is 0 Å². The molecule has 2 rings (SSSR count). The van der Waals surface area contributed by atoms with E-state index < -0.39 is 5.91 Å². The average molecular weight is 290 g/mol. The van der Waals surface area contributed by atoms with Crippen molar-refractivity contribution in [1.82, 2.24) is 0 Å². The maximum Gasteiger partial charge on any atom is 0.258 e. The lowest BCUT2D eigenvalue weighted by Crippen LogP contribution is -2.34. The first-order chi connectivity index (χ1) is 9.33. The van der Waals surface area contributed by atoms with E-state index in [1.807, 2.05) is 38.1 Å². The third-order valence-corrected chi connectivity index (χ3v) is 3.60. The van der Waals surface area contributed by atoms with Crippen molar-refractivity contribution in [2.75, 3.05) is 0 Å². The van der Waals surface area contributed by atoms with Gasteiger partial charge in [-0.1, -0.05) is 23.5 Å². The minimum absolute atomic E-state index is 0.230. The Morgan fingerprint density at radius 2 is 1.85 bits per heavy atom. The van der Waals surface area contributed by atoms with Crippen molar-refractivity contribution in [3.05, 3.63) is 46.8 Å². The third-order valence-electron chi connectivity index (χ3n) is 2.63. The Kier molecular flexibility index (Phi) is 4.11. The molecule has 0 aliphatic carbocycles. The first-order valence-corrected chi connectivity index (χ1v) is 7.10. The van der Waals surface area contributed by atoms with Gasteiger partial charge in [-0.05, 0) is 50.1 Å². The summed E-state index contributed by atoms with van der Waals surface area (Å²) in [4.78, 5) is 11.5. The lowest BCUT2D eigenvalue weighted by Gasteiger charge is -2.18. The molecular weight excluding hydrogens is 272 g/mol. The summed E-state index contributed by atoms with van der Waals surface area (Å²) >= 11 is 1.23. The Labute approximate surface area is 122 Å². The highest BCUT2D eigenvalue weighted by atomic mass is 32.1. The summed E-state index contributed by atoms with van der Waals surface area (Å²) in [5.41, 5.74) is 12.1. The minimum Gasteiger partial charge on any atom is -0.447 e. The molecule has 0 unspecified atom stereocenters. The summed E-state index contributed by atoms with van der Waals surface area (Å²) in [5, 5.41) is 0.644. The number of amides is 1. The summed E-state index contributed by atoms with van der Waals surface area (Å²) < 4.78 is 5.67. The summed E-state index contributed by atoms with van der Waals surface area (Å²) in [6, 6.07) is 11.2. The Balaban J connectivity index is 2.04. The predicted molar refractivity (Wildman–Crippen MR) is 81.3 cm³/mol. The number of ether oxygens (including phenoxy) is 1. The number of hydrogen-bond donors (Lipinski definition) is 2. The first kappa shape index (κ1) is 14.6. The van der Waals surface area contributed by atoms with Crippen LogP contribution in [0.4, 0.5) is 0 Å². The second-order valence-corrected chi connectivity index (χ2v) is 6.44. The summed E-state index contributed by atoms with van der Waals surface area (Å²) in [6.45, 7) is 3.99. The van der Waals surface area contributed by atoms with Crippen LogP contribution in [0.2, 0.25) is 0 Å². The van der Waals surface area contributed by atoms with Crippen LogP contribution in [-0.2, 0) is 6.42 Å². The molecule has 4 nitrogen and oxygen atoms in total. The van der Waals surface area contributed by atoms with Crippen LogP contribution < -0.4 is 16.2 Å². The van der Waals surface area contributed by atoms with E-state index in [-0.39, 0.29) is 5.54 Å². The van der Waals surface area contributed by atoms with Gasteiger partial charge in [-0.15, -0.1) is 0 Å². The van der Waals surface area contributed by atoms with Gasteiger partial charge in [0.25, 0.3) is 5.91 Å². The normalized spacial score (nSPS) is 11.3. The molecule has 0 atom stereocenters. The van der Waals surface area contributed by atoms with E-state index in [1.54, 1.807) is 12.1 Å². The maximum absolute atomic E-state index is 11.0. The molecule has 20 heavy (non-hydrogen) atoms. The van der Waals surface area contributed by atoms with Crippen molar-refractivity contribution < 1.29 is 9.53 Å². The summed E-state index contributed by atoms with van der Waals surface area (Å²) in [7, 11) is 0. The number of hydrogen-bond acceptors (Lipinski definition) is 4. The zero-order valence-electron chi connectivity index (χ0n) is 11.6. The monoisotopic (exact) mass is 290 g/mol. The Bertz CT molecular complexity index is 597. The molecule has 0 aliphatic heterocycles. The third kappa shape index (κ3) is 4.08. The average Bonchev–Trinajstić information content (AvgIpc) is 2.78. The number of thiophene rings is 1. The van der Waals surface area contributed by atoms with Gasteiger partial charge in [0.1, 0.15) is 5.75 Å². The van der Waals surface area contributed by atoms with Crippen LogP contribution in [0.1, 0.15) is 29.1 Å². The molecule has 1 aromatic carbocycles. The standard InChI is InChI=1S/C15H18N2O2S/c1-15(2,17)9-10-3-5-11(6-4-10)19-13-8-7-12(20-13)14(16)18/h3-8H,9,17H2,1-2H3,(H2,16,18). The molecule has 1 heterocycles. The van der Waals surface area contributed by atoms with Crippen LogP contribution in [0.5, 0.6) is 10.8 Å². The van der Waals surface area contributed by atoms with Gasteiger partial charge in [-0.2, -0.15) is 0 Å². The zero-order chi connectivity index (χ0) is 14.8. The summed E-state index contributed by atoms with van der Waals surface area (Å²) in [6.07, 6.45) is 0.804. The summed E-state index contributed by atoms with van der Waals surface area (Å²) in [5.74, 6) is 0.284. The molecule has 5 heteroatoms. The molecule has 0 saturated heterocycles. The van der Waals surface area contributed by atoms with Crippen LogP contribution in [0.15, 0.2) is 36.4 Å². The molecule has 0 aliphatic rings. The van der Waals surface area contributed by atoms with Crippen LogP contribution in [0, 0.1) is 0 Å². The SMILES string of the molecule is CC(C)(N)Cc1ccc(Oc2ccc(C(N)=O)s2)cc1. The largest absolute Gasteiger partial charge is 0.447 e. The second kappa shape index (κ2) is 5.64. The zero-order valence-corrected chi connectivity index (χ0v) is 12.4. The van der Waals surface area contributed by atoms with Gasteiger partial charge < -0.3 is 16.2 Å². The lowest BCUT2D eigenvalue weighted by molar-refractivity contribution is 0.100. The van der Waals surface area contributed by atoms with E-state index >= 15 is 0 Å². The van der Waals surface area contributed by atoms with Gasteiger partial charge in [0.15, 0.2) is 5.06 Å². The van der Waals surface area contributed by atoms with Gasteiger partial charge in [0.05, 0.1) is 4.88 Å². The van der Waals surface area contributed by atoms with Gasteiger partial charge in [0, 0.05) is 5.54 Å². The first-order valence-electron chi connectivity index (χ1n) is 6.29. The van der Waals surface area contributed by atoms with Crippen LogP contribution in [0.3, 0.4) is 0 Å². The fourth-order valence-electron chi connectivity index (χ4n) is 1.83. The molecule has 1 amide bonds. The minimum atomic E-state index is -0.439. The van der Waals surface area contributed by atoms with Crippen LogP contribution >= 0.6 is 11.3 Å². The molecule has 0 spiro atoms. The van der Waals surface area contributed by atoms with E-state index in [4.69, 9.17) is 16.2 Å². The smallest absolute Gasteiger partial charge is 0.258 e. The number of primary amides is 1. The van der Waals surface area contributed by atoms with Crippen molar-refractivity contribution in [3.8, 4) is 10.8 Å². The molecule has 106 valence electrons. The highest BCUT2D eigenvalue weighted by molar-refractivity contribution is 7.15. The van der Waals surface area contributed by atoms with Crippen molar-refractivity contribution in [2.45, 2.75) is 25.8 Å². The number of carbonyl (C=O) groups is 1. The van der Waals surface area contributed by atoms with Crippen molar-refractivity contribution >= 4 is 17.2 Å². The quantitative estimate of drug-likeness (QED) is 0.888. The molecule has 0 fully saturated rings. The Morgan fingerprint density at radius 3 is 2.35 bits per heavy atom. The molecule has 4 N–H and O–H groups in total. The number of rotatable bonds is 5.